The topological polar surface area (TPSA) is 160 Å². The van der Waals surface area contributed by atoms with Crippen LogP contribution in [0.2, 0.25) is 0 Å². The zero-order valence-electron chi connectivity index (χ0n) is 18.4. The lowest BCUT2D eigenvalue weighted by molar-refractivity contribution is -0.169. The predicted molar refractivity (Wildman–Crippen MR) is 138 cm³/mol. The number of oxime groups is 1. The highest BCUT2D eigenvalue weighted by molar-refractivity contribution is 8.08. The molecule has 0 saturated carbocycles. The molecule has 2 aliphatic heterocycles. The van der Waals surface area contributed by atoms with E-state index in [2.05, 4.69) is 26.4 Å². The molecule has 0 radical (unpaired) electrons. The molecule has 1 saturated heterocycles. The highest BCUT2D eigenvalue weighted by Gasteiger charge is 2.68. The Labute approximate surface area is 217 Å². The van der Waals surface area contributed by atoms with Crippen LogP contribution in [0.15, 0.2) is 51.6 Å². The second-order valence-electron chi connectivity index (χ2n) is 7.23. The fourth-order valence-electron chi connectivity index (χ4n) is 3.32. The van der Waals surface area contributed by atoms with Crippen molar-refractivity contribution >= 4 is 69.6 Å². The summed E-state index contributed by atoms with van der Waals surface area (Å²) in [5.74, 6) is -0.589. The molecule has 2 aromatic rings. The Hall–Kier alpha value is -3.80. The van der Waals surface area contributed by atoms with Crippen molar-refractivity contribution in [2.45, 2.75) is 10.9 Å². The van der Waals surface area contributed by atoms with E-state index in [0.29, 0.717) is 5.75 Å². The van der Waals surface area contributed by atoms with E-state index < -0.39 is 28.7 Å². The quantitative estimate of drug-likeness (QED) is 0.106. The monoisotopic (exact) mass is 542 g/mol. The molecule has 1 unspecified atom stereocenters. The average Bonchev–Trinajstić information content (AvgIpc) is 3.31. The molecule has 2 amide bonds. The van der Waals surface area contributed by atoms with Crippen molar-refractivity contribution in [2.24, 2.45) is 5.16 Å². The Morgan fingerprint density at radius 1 is 1.53 bits per heavy atom. The van der Waals surface area contributed by atoms with Crippen LogP contribution in [-0.2, 0) is 19.2 Å². The number of carboxylic acid groups (broad SMARTS) is 1. The number of carbonyl (C=O) groups excluding carboxylic acids is 2. The Kier molecular flexibility index (Phi) is 7.63. The van der Waals surface area contributed by atoms with Gasteiger partial charge in [0, 0.05) is 34.6 Å². The van der Waals surface area contributed by atoms with Gasteiger partial charge in [0.2, 0.25) is 5.54 Å². The summed E-state index contributed by atoms with van der Waals surface area (Å²) in [6.07, 6.45) is 12.0. The number of aliphatic carboxylic acids is 1. The lowest BCUT2D eigenvalue weighted by Crippen LogP contribution is -2.82. The van der Waals surface area contributed by atoms with E-state index in [1.54, 1.807) is 18.6 Å². The molecular formula is C22H18N6O5S3. The average molecular weight is 543 g/mol. The van der Waals surface area contributed by atoms with Gasteiger partial charge in [-0.25, -0.2) is 9.78 Å². The number of rotatable bonds is 9. The number of thioether (sulfide) groups is 2. The zero-order valence-corrected chi connectivity index (χ0v) is 20.8. The minimum Gasteiger partial charge on any atom is -0.479 e. The minimum absolute atomic E-state index is 0.0615. The summed E-state index contributed by atoms with van der Waals surface area (Å²) in [5, 5.41) is 18.7. The number of terminal acetylenes is 1. The van der Waals surface area contributed by atoms with E-state index in [1.165, 1.54) is 33.8 Å². The van der Waals surface area contributed by atoms with Gasteiger partial charge in [-0.2, -0.15) is 0 Å². The molecule has 2 atom stereocenters. The number of thiazole rings is 1. The smallest absolute Gasteiger partial charge is 0.342 e. The van der Waals surface area contributed by atoms with Crippen LogP contribution in [0.1, 0.15) is 11.3 Å². The van der Waals surface area contributed by atoms with Gasteiger partial charge in [0.15, 0.2) is 17.5 Å². The van der Waals surface area contributed by atoms with Crippen LogP contribution < -0.4 is 11.1 Å². The summed E-state index contributed by atoms with van der Waals surface area (Å²) < 4.78 is 0. The first-order valence-electron chi connectivity index (χ1n) is 10.2. The van der Waals surface area contributed by atoms with Crippen molar-refractivity contribution < 1.29 is 24.3 Å². The third-order valence-corrected chi connectivity index (χ3v) is 8.01. The van der Waals surface area contributed by atoms with Crippen molar-refractivity contribution in [1.82, 2.24) is 20.2 Å². The van der Waals surface area contributed by atoms with Crippen LogP contribution in [0, 0.1) is 12.3 Å². The molecule has 36 heavy (non-hydrogen) atoms. The number of pyridine rings is 1. The molecule has 4 N–H and O–H groups in total. The van der Waals surface area contributed by atoms with Crippen LogP contribution in [0.3, 0.4) is 0 Å². The molecule has 184 valence electrons. The lowest BCUT2D eigenvalue weighted by atomic mass is 9.87. The van der Waals surface area contributed by atoms with E-state index in [4.69, 9.17) is 17.0 Å². The van der Waals surface area contributed by atoms with Gasteiger partial charge in [0.1, 0.15) is 11.1 Å². The maximum atomic E-state index is 13.1. The van der Waals surface area contributed by atoms with Crippen molar-refractivity contribution in [3.05, 3.63) is 57.7 Å². The number of carboxylic acids is 1. The van der Waals surface area contributed by atoms with Gasteiger partial charge in [0.05, 0.1) is 0 Å². The van der Waals surface area contributed by atoms with Gasteiger partial charge in [0.25, 0.3) is 11.8 Å². The maximum Gasteiger partial charge on any atom is 0.342 e. The number of carbonyl (C=O) groups is 3. The van der Waals surface area contributed by atoms with E-state index in [1.807, 2.05) is 23.6 Å². The van der Waals surface area contributed by atoms with Gasteiger partial charge >= 0.3 is 5.97 Å². The normalized spacial score (nSPS) is 21.2. The summed E-state index contributed by atoms with van der Waals surface area (Å²) in [6.45, 7) is -0.230. The number of nitrogens with one attached hydrogen (secondary N) is 1. The molecule has 0 aliphatic carbocycles. The van der Waals surface area contributed by atoms with E-state index in [9.17, 15) is 19.5 Å². The Morgan fingerprint density at radius 3 is 3.03 bits per heavy atom. The van der Waals surface area contributed by atoms with Crippen LogP contribution in [-0.4, -0.2) is 66.7 Å². The van der Waals surface area contributed by atoms with Gasteiger partial charge in [-0.3, -0.25) is 19.5 Å². The predicted octanol–water partition coefficient (Wildman–Crippen LogP) is 1.57. The van der Waals surface area contributed by atoms with Crippen molar-refractivity contribution in [2.75, 3.05) is 18.1 Å². The molecule has 2 aromatic heterocycles. The summed E-state index contributed by atoms with van der Waals surface area (Å²) in [7, 11) is 0. The Balaban J connectivity index is 1.51. The van der Waals surface area contributed by atoms with Gasteiger partial charge in [-0.15, -0.1) is 41.3 Å². The Morgan fingerprint density at radius 2 is 2.36 bits per heavy atom. The molecule has 0 aromatic carbocycles. The van der Waals surface area contributed by atoms with Gasteiger partial charge in [-0.05, 0) is 23.1 Å². The van der Waals surface area contributed by atoms with Crippen LogP contribution >= 0.6 is 34.9 Å². The molecular weight excluding hydrogens is 524 g/mol. The number of β-lactam (4-membered cyclic amide) rings is 1. The highest BCUT2D eigenvalue weighted by Crippen LogP contribution is 2.45. The van der Waals surface area contributed by atoms with Crippen molar-refractivity contribution in [3.8, 4) is 12.3 Å². The number of amides is 2. The number of nitrogen functional groups attached to an aromatic ring is 1. The molecule has 0 spiro atoms. The number of fused-ring (bicyclic) bond motifs is 1. The molecule has 1 fully saturated rings. The minimum atomic E-state index is -2.19. The van der Waals surface area contributed by atoms with Crippen LogP contribution in [0.4, 0.5) is 5.13 Å². The molecule has 4 rings (SSSR count). The second kappa shape index (κ2) is 10.9. The SMILES string of the molecule is C#CCON=C(C(=O)NC1(C(=O)O)C(=O)N2C=C(S/C=C\c3cccnc3)CS[C@H]21)c1csc(N)n1. The number of hydrogen-bond donors (Lipinski definition) is 3. The molecule has 0 bridgehead atoms. The fourth-order valence-corrected chi connectivity index (χ4v) is 6.14. The van der Waals surface area contributed by atoms with Gasteiger partial charge < -0.3 is 21.0 Å². The summed E-state index contributed by atoms with van der Waals surface area (Å²) in [4.78, 5) is 53.5. The first-order chi connectivity index (χ1) is 17.4. The van der Waals surface area contributed by atoms with Crippen molar-refractivity contribution in [1.29, 1.82) is 0 Å². The number of anilines is 1. The number of aromatic nitrogens is 2. The molecule has 11 nitrogen and oxygen atoms in total. The first-order valence-corrected chi connectivity index (χ1v) is 13.0. The standard InChI is InChI=1S/C22H18N6O5S3/c1-2-7-33-27-16(15-12-36-21(23)25-15)17(29)26-22(20(31)32)18(30)28-10-14(11-35-19(22)28)34-8-5-13-4-3-6-24-9-13/h1,3-6,8-10,12,19H,7,11H2,(H2,23,25)(H,26,29)(H,31,32)/b8-5-,27-16?/t19-,22?/m0/s1. The summed E-state index contributed by atoms with van der Waals surface area (Å²) in [5.41, 5.74) is 4.10. The lowest BCUT2D eigenvalue weighted by Gasteiger charge is -2.53. The first kappa shape index (κ1) is 25.3. The van der Waals surface area contributed by atoms with Crippen molar-refractivity contribution in [3.63, 3.8) is 0 Å². The highest BCUT2D eigenvalue weighted by atomic mass is 32.2. The van der Waals surface area contributed by atoms with Crippen LogP contribution in [0.25, 0.3) is 6.08 Å². The third kappa shape index (κ3) is 4.94. The van der Waals surface area contributed by atoms with E-state index in [0.717, 1.165) is 21.8 Å². The molecule has 4 heterocycles. The maximum absolute atomic E-state index is 13.1. The van der Waals surface area contributed by atoms with Crippen LogP contribution in [0.5, 0.6) is 0 Å². The Bertz CT molecular complexity index is 1320. The summed E-state index contributed by atoms with van der Waals surface area (Å²) in [6, 6.07) is 3.73. The third-order valence-electron chi connectivity index (χ3n) is 4.96. The van der Waals surface area contributed by atoms with Gasteiger partial charge in [-0.1, -0.05) is 17.1 Å². The summed E-state index contributed by atoms with van der Waals surface area (Å²) >= 11 is 3.68. The second-order valence-corrected chi connectivity index (χ2v) is 10.2. The zero-order chi connectivity index (χ0) is 25.7. The largest absolute Gasteiger partial charge is 0.479 e. The van der Waals surface area contributed by atoms with E-state index >= 15 is 0 Å². The number of hydrogen-bond acceptors (Lipinski definition) is 11. The van der Waals surface area contributed by atoms with E-state index in [-0.39, 0.29) is 23.1 Å². The number of nitrogens with two attached hydrogens (primary N) is 1. The fraction of sp³-hybridized carbons (Fsp3) is 0.182. The molecule has 14 heteroatoms. The number of nitrogens with zero attached hydrogens (tertiary/aromatic N) is 4. The molecule has 2 aliphatic rings.